The topological polar surface area (TPSA) is 102 Å². The van der Waals surface area contributed by atoms with Crippen LogP contribution in [0.5, 0.6) is 0 Å². The maximum Gasteiger partial charge on any atom is 0.637 e. The van der Waals surface area contributed by atoms with E-state index < -0.39 is 107 Å². The molecule has 0 spiro atoms. The molecule has 0 aliphatic heterocycles. The third kappa shape index (κ3) is 20.3. The molecule has 23 heteroatoms. The van der Waals surface area contributed by atoms with Crippen molar-refractivity contribution >= 4 is 107 Å². The Balaban J connectivity index is 6.02. The molecule has 0 N–H and O–H groups in total. The van der Waals surface area contributed by atoms with Crippen LogP contribution < -0.4 is 0 Å². The standard InChI is InChI=1S/C20H66O11Si12/c1-32(2)21-42(22-33(3)4,23-34(5)6)30-40(17,18)28-38(13,14)27-39(15,16)29-41(19,20)31-43(24-35(7)8,25-36(9)10)26-37(11)12/h32-37H,1-20H3. The van der Waals surface area contributed by atoms with E-state index in [9.17, 15) is 0 Å². The van der Waals surface area contributed by atoms with Crippen molar-refractivity contribution in [3.8, 4) is 0 Å². The van der Waals surface area contributed by atoms with E-state index in [2.05, 4.69) is 78.6 Å². The normalized spacial score (nSPS) is 14.9. The van der Waals surface area contributed by atoms with Crippen molar-refractivity contribution in [3.05, 3.63) is 0 Å². The Kier molecular flexibility index (Phi) is 19.2. The zero-order valence-electron chi connectivity index (χ0n) is 31.0. The summed E-state index contributed by atoms with van der Waals surface area (Å²) in [4.78, 5) is 0. The van der Waals surface area contributed by atoms with Crippen molar-refractivity contribution in [2.24, 2.45) is 0 Å². The minimum atomic E-state index is -3.36. The van der Waals surface area contributed by atoms with Crippen molar-refractivity contribution in [1.29, 1.82) is 0 Å². The van der Waals surface area contributed by atoms with Gasteiger partial charge in [-0.15, -0.1) is 0 Å². The first kappa shape index (κ1) is 45.2. The Morgan fingerprint density at radius 1 is 0.256 bits per heavy atom. The van der Waals surface area contributed by atoms with Crippen LogP contribution >= 0.6 is 0 Å². The van der Waals surface area contributed by atoms with Crippen molar-refractivity contribution in [1.82, 2.24) is 0 Å². The molecule has 0 unspecified atom stereocenters. The summed E-state index contributed by atoms with van der Waals surface area (Å²) in [5.41, 5.74) is 0. The van der Waals surface area contributed by atoms with E-state index in [4.69, 9.17) is 45.3 Å². The molecule has 0 rings (SSSR count). The smallest absolute Gasteiger partial charge is 0.416 e. The average molecular weight is 820 g/mol. The fourth-order valence-electron chi connectivity index (χ4n) is 4.50. The van der Waals surface area contributed by atoms with Gasteiger partial charge < -0.3 is 45.3 Å². The Labute approximate surface area is 281 Å². The molecule has 11 nitrogen and oxygen atoms in total. The van der Waals surface area contributed by atoms with Gasteiger partial charge in [-0.2, -0.15) is 0 Å². The van der Waals surface area contributed by atoms with E-state index in [0.717, 1.165) is 0 Å². The van der Waals surface area contributed by atoms with Crippen LogP contribution in [0.25, 0.3) is 0 Å². The van der Waals surface area contributed by atoms with Gasteiger partial charge in [-0.3, -0.25) is 0 Å². The number of rotatable bonds is 22. The van der Waals surface area contributed by atoms with Crippen LogP contribution in [0.2, 0.25) is 131 Å². The van der Waals surface area contributed by atoms with E-state index in [1.165, 1.54) is 0 Å². The minimum absolute atomic E-state index is 1.53. The first-order chi connectivity index (χ1) is 19.0. The molecule has 0 saturated carbocycles. The summed E-state index contributed by atoms with van der Waals surface area (Å²) in [6.45, 7) is 41.7. The molecule has 0 aromatic carbocycles. The van der Waals surface area contributed by atoms with Gasteiger partial charge in [0.1, 0.15) is 0 Å². The van der Waals surface area contributed by atoms with Crippen LogP contribution in [0, 0.1) is 0 Å². The van der Waals surface area contributed by atoms with Gasteiger partial charge in [0.25, 0.3) is 0 Å². The number of hydrogen-bond donors (Lipinski definition) is 0. The second-order valence-electron chi connectivity index (χ2n) is 14.1. The van der Waals surface area contributed by atoms with E-state index in [0.29, 0.717) is 0 Å². The molecule has 0 aromatic heterocycles. The molecule has 0 radical (unpaired) electrons. The lowest BCUT2D eigenvalue weighted by atomic mass is 11.9. The summed E-state index contributed by atoms with van der Waals surface area (Å²) in [6.07, 6.45) is 0. The second kappa shape index (κ2) is 18.2. The summed E-state index contributed by atoms with van der Waals surface area (Å²) in [6, 6.07) is 0. The Morgan fingerprint density at radius 3 is 0.535 bits per heavy atom. The molecule has 43 heavy (non-hydrogen) atoms. The Hall–Kier alpha value is 2.16. The molecule has 0 saturated heterocycles. The van der Waals surface area contributed by atoms with Gasteiger partial charge in [-0.05, 0) is 131 Å². The van der Waals surface area contributed by atoms with Crippen molar-refractivity contribution in [2.75, 3.05) is 0 Å². The molecular formula is C20H66O11Si12. The zero-order chi connectivity index (χ0) is 34.2. The van der Waals surface area contributed by atoms with Crippen LogP contribution in [0.3, 0.4) is 0 Å². The van der Waals surface area contributed by atoms with Gasteiger partial charge in [0.2, 0.25) is 0 Å². The highest BCUT2D eigenvalue weighted by molar-refractivity contribution is 6.91. The first-order valence-electron chi connectivity index (χ1n) is 15.6. The van der Waals surface area contributed by atoms with E-state index in [1.54, 1.807) is 0 Å². The Bertz CT molecular complexity index is 700. The summed E-state index contributed by atoms with van der Waals surface area (Å²) < 4.78 is 72.7. The van der Waals surface area contributed by atoms with Crippen LogP contribution in [0.1, 0.15) is 0 Å². The van der Waals surface area contributed by atoms with E-state index in [1.807, 2.05) is 52.4 Å². The summed E-state index contributed by atoms with van der Waals surface area (Å²) in [5, 5.41) is 0. The lowest BCUT2D eigenvalue weighted by Gasteiger charge is -2.44. The predicted octanol–water partition coefficient (Wildman–Crippen LogP) is 4.75. The zero-order valence-corrected chi connectivity index (χ0v) is 43.9. The molecule has 0 amide bonds. The summed E-state index contributed by atoms with van der Waals surface area (Å²) >= 11 is 0. The van der Waals surface area contributed by atoms with Gasteiger partial charge in [0.15, 0.2) is 54.2 Å². The van der Waals surface area contributed by atoms with Gasteiger partial charge in [0.05, 0.1) is 0 Å². The van der Waals surface area contributed by atoms with Crippen molar-refractivity contribution in [2.45, 2.75) is 131 Å². The predicted molar refractivity (Wildman–Crippen MR) is 207 cm³/mol. The lowest BCUT2D eigenvalue weighted by Crippen LogP contribution is -2.65. The van der Waals surface area contributed by atoms with Crippen LogP contribution in [-0.2, 0) is 45.3 Å². The molecule has 0 aliphatic rings. The molecule has 0 aliphatic carbocycles. The molecule has 0 fully saturated rings. The molecule has 0 atom stereocenters. The van der Waals surface area contributed by atoms with E-state index in [-0.39, 0.29) is 0 Å². The molecule has 0 bridgehead atoms. The van der Waals surface area contributed by atoms with Gasteiger partial charge in [0, 0.05) is 0 Å². The quantitative estimate of drug-likeness (QED) is 0.142. The third-order valence-electron chi connectivity index (χ3n) is 4.50. The highest BCUT2D eigenvalue weighted by atomic mass is 28.6. The van der Waals surface area contributed by atoms with Crippen molar-refractivity contribution in [3.63, 3.8) is 0 Å². The molecular weight excluding hydrogens is 753 g/mol. The van der Waals surface area contributed by atoms with Crippen LogP contribution in [0.15, 0.2) is 0 Å². The maximum atomic E-state index is 6.79. The molecule has 0 aromatic rings. The monoisotopic (exact) mass is 818 g/mol. The highest BCUT2D eigenvalue weighted by Crippen LogP contribution is 2.30. The first-order valence-corrected chi connectivity index (χ1v) is 46.8. The number of hydrogen-bond acceptors (Lipinski definition) is 11. The summed E-state index contributed by atoms with van der Waals surface area (Å²) in [7, 11) is -27.1. The summed E-state index contributed by atoms with van der Waals surface area (Å²) in [5.74, 6) is 0. The second-order valence-corrected chi connectivity index (χ2v) is 49.6. The fraction of sp³-hybridized carbons (Fsp3) is 1.00. The van der Waals surface area contributed by atoms with Gasteiger partial charge in [-0.25, -0.2) is 0 Å². The third-order valence-corrected chi connectivity index (χ3v) is 40.5. The fourth-order valence-corrected chi connectivity index (χ4v) is 47.6. The average Bonchev–Trinajstić information content (AvgIpc) is 2.58. The van der Waals surface area contributed by atoms with Gasteiger partial charge in [-0.1, -0.05) is 0 Å². The largest absolute Gasteiger partial charge is 0.637 e. The van der Waals surface area contributed by atoms with Crippen LogP contribution in [-0.4, -0.2) is 107 Å². The van der Waals surface area contributed by atoms with Crippen molar-refractivity contribution < 1.29 is 45.3 Å². The maximum absolute atomic E-state index is 6.79. The lowest BCUT2D eigenvalue weighted by molar-refractivity contribution is 0.141. The molecule has 260 valence electrons. The Morgan fingerprint density at radius 2 is 0.395 bits per heavy atom. The SMILES string of the molecule is C[SiH](C)O[Si](O[SiH](C)C)(O[SiH](C)C)O[Si](C)(C)O[Si](C)(C)O[Si](C)(C)O[Si](C)(C)O[Si](O[SiH](C)C)(O[SiH](C)C)O[SiH](C)C. The highest BCUT2D eigenvalue weighted by Gasteiger charge is 2.56. The van der Waals surface area contributed by atoms with Gasteiger partial charge >= 0.3 is 52.3 Å². The van der Waals surface area contributed by atoms with Crippen LogP contribution in [0.4, 0.5) is 0 Å². The van der Waals surface area contributed by atoms with E-state index >= 15 is 0 Å². The minimum Gasteiger partial charge on any atom is -0.416 e. The molecule has 0 heterocycles.